The Morgan fingerprint density at radius 2 is 1.63 bits per heavy atom. The van der Waals surface area contributed by atoms with Gasteiger partial charge >= 0.3 is 5.97 Å². The van der Waals surface area contributed by atoms with Gasteiger partial charge in [0.25, 0.3) is 6.47 Å². The lowest BCUT2D eigenvalue weighted by molar-refractivity contribution is -0.527. The number of hydrogen-bond acceptors (Lipinski definition) is 8. The average molecular weight is 601 g/mol. The lowest BCUT2D eigenvalue weighted by atomic mass is 9.27. The first-order chi connectivity index (χ1) is 20.1. The fraction of sp³-hybridized carbons (Fsp3) is 0.886. The molecule has 7 aliphatic rings. The monoisotopic (exact) mass is 600 g/mol. The summed E-state index contributed by atoms with van der Waals surface area (Å²) in [6.45, 7) is 14.9. The van der Waals surface area contributed by atoms with Gasteiger partial charge in [0, 0.05) is 16.9 Å². The topological polar surface area (TPSA) is 123 Å². The Morgan fingerprint density at radius 1 is 0.930 bits per heavy atom. The molecule has 1 heterocycles. The van der Waals surface area contributed by atoms with Crippen LogP contribution in [0.3, 0.4) is 0 Å². The number of carbonyl (C=O) groups is 2. The Labute approximate surface area is 255 Å². The van der Waals surface area contributed by atoms with E-state index in [1.807, 2.05) is 13.8 Å². The van der Waals surface area contributed by atoms with Crippen molar-refractivity contribution in [2.45, 2.75) is 142 Å². The first kappa shape index (κ1) is 30.2. The zero-order valence-electron chi connectivity index (χ0n) is 27.0. The third-order valence-electron chi connectivity index (χ3n) is 15.2. The normalized spacial score (nSPS) is 57.7. The van der Waals surface area contributed by atoms with E-state index in [1.54, 1.807) is 19.9 Å². The van der Waals surface area contributed by atoms with Crippen LogP contribution in [0.4, 0.5) is 0 Å². The van der Waals surface area contributed by atoms with Crippen molar-refractivity contribution >= 4 is 12.4 Å². The second-order valence-corrected chi connectivity index (χ2v) is 17.0. The van der Waals surface area contributed by atoms with Gasteiger partial charge in [-0.2, -0.15) is 0 Å². The van der Waals surface area contributed by atoms with Crippen LogP contribution in [0.5, 0.6) is 0 Å². The van der Waals surface area contributed by atoms with Crippen molar-refractivity contribution in [3.63, 3.8) is 0 Å². The van der Waals surface area contributed by atoms with Crippen molar-refractivity contribution in [1.29, 1.82) is 0 Å². The van der Waals surface area contributed by atoms with Crippen LogP contribution < -0.4 is 0 Å². The third-order valence-corrected chi connectivity index (χ3v) is 15.2. The van der Waals surface area contributed by atoms with Crippen molar-refractivity contribution in [2.75, 3.05) is 0 Å². The molecule has 2 bridgehead atoms. The van der Waals surface area contributed by atoms with Crippen LogP contribution in [0.1, 0.15) is 99.8 Å². The maximum absolute atomic E-state index is 13.3. The molecular weight excluding hydrogens is 548 g/mol. The van der Waals surface area contributed by atoms with Crippen molar-refractivity contribution in [2.24, 2.45) is 51.2 Å². The number of aliphatic hydroxyl groups excluding tert-OH is 3. The molecule has 13 unspecified atom stereocenters. The minimum atomic E-state index is -1.19. The molecule has 1 saturated heterocycles. The molecule has 6 aliphatic carbocycles. The molecule has 0 aromatic carbocycles. The minimum Gasteiger partial charge on any atom is -0.460 e. The highest BCUT2D eigenvalue weighted by Crippen LogP contribution is 2.85. The highest BCUT2D eigenvalue weighted by Gasteiger charge is 2.95. The summed E-state index contributed by atoms with van der Waals surface area (Å²) in [5, 5.41) is 35.3. The predicted molar refractivity (Wildman–Crippen MR) is 157 cm³/mol. The molecule has 1 spiro atoms. The van der Waals surface area contributed by atoms with Crippen molar-refractivity contribution in [3.05, 3.63) is 11.6 Å². The van der Waals surface area contributed by atoms with Gasteiger partial charge in [-0.15, -0.1) is 0 Å². The number of esters is 1. The van der Waals surface area contributed by atoms with Crippen LogP contribution in [0.2, 0.25) is 0 Å². The SMILES string of the molecule is C/C=C(/C)C(=O)O[C@H]1C(OC=O)C(C)(C)CC23OC45CCC6C7(C)CCC(O)C(C)C7CCC6(C)C4CC(O)C1(C52)[C@H]3O. The van der Waals surface area contributed by atoms with E-state index >= 15 is 0 Å². The summed E-state index contributed by atoms with van der Waals surface area (Å²) in [4.78, 5) is 25.2. The molecule has 15 atom stereocenters. The summed E-state index contributed by atoms with van der Waals surface area (Å²) in [7, 11) is 0. The molecular formula is C35H52O8. The number of carbonyl (C=O) groups excluding carboxylic acids is 2. The van der Waals surface area contributed by atoms with E-state index in [9.17, 15) is 24.9 Å². The van der Waals surface area contributed by atoms with Gasteiger partial charge in [-0.3, -0.25) is 4.79 Å². The molecule has 43 heavy (non-hydrogen) atoms. The summed E-state index contributed by atoms with van der Waals surface area (Å²) < 4.78 is 19.2. The Bertz CT molecular complexity index is 1250. The van der Waals surface area contributed by atoms with Crippen molar-refractivity contribution < 1.29 is 39.1 Å². The number of aliphatic hydroxyl groups is 3. The number of allylic oxidation sites excluding steroid dienone is 1. The van der Waals surface area contributed by atoms with Crippen molar-refractivity contribution in [1.82, 2.24) is 0 Å². The maximum atomic E-state index is 13.3. The Morgan fingerprint density at radius 3 is 2.30 bits per heavy atom. The van der Waals surface area contributed by atoms with Gasteiger partial charge in [0.1, 0.15) is 11.7 Å². The number of rotatable bonds is 4. The van der Waals surface area contributed by atoms with E-state index in [2.05, 4.69) is 20.8 Å². The van der Waals surface area contributed by atoms with Gasteiger partial charge < -0.3 is 29.5 Å². The zero-order valence-corrected chi connectivity index (χ0v) is 27.0. The molecule has 0 aromatic rings. The summed E-state index contributed by atoms with van der Waals surface area (Å²) in [5.41, 5.74) is -2.81. The van der Waals surface area contributed by atoms with Gasteiger partial charge in [0.15, 0.2) is 6.10 Å². The van der Waals surface area contributed by atoms with Crippen LogP contribution >= 0.6 is 0 Å². The number of ether oxygens (including phenoxy) is 3. The van der Waals surface area contributed by atoms with Crippen LogP contribution in [0.25, 0.3) is 0 Å². The maximum Gasteiger partial charge on any atom is 0.333 e. The summed E-state index contributed by atoms with van der Waals surface area (Å²) in [6, 6.07) is 0. The Kier molecular flexibility index (Phi) is 6.37. The zero-order chi connectivity index (χ0) is 31.1. The number of hydrogen-bond donors (Lipinski definition) is 3. The second kappa shape index (κ2) is 9.07. The smallest absolute Gasteiger partial charge is 0.333 e. The van der Waals surface area contributed by atoms with Gasteiger partial charge in [-0.1, -0.05) is 40.7 Å². The molecule has 240 valence electrons. The van der Waals surface area contributed by atoms with Crippen LogP contribution in [0, 0.1) is 51.2 Å². The quantitative estimate of drug-likeness (QED) is 0.248. The largest absolute Gasteiger partial charge is 0.460 e. The average Bonchev–Trinajstić information content (AvgIpc) is 3.04. The van der Waals surface area contributed by atoms with Gasteiger partial charge in [0.05, 0.1) is 29.3 Å². The van der Waals surface area contributed by atoms with E-state index in [4.69, 9.17) is 14.2 Å². The van der Waals surface area contributed by atoms with E-state index in [-0.39, 0.29) is 34.7 Å². The lowest BCUT2D eigenvalue weighted by Crippen LogP contribution is -2.97. The molecule has 0 radical (unpaired) electrons. The van der Waals surface area contributed by atoms with Crippen LogP contribution in [-0.2, 0) is 23.8 Å². The van der Waals surface area contributed by atoms with E-state index in [0.717, 1.165) is 38.5 Å². The molecule has 1 aliphatic heterocycles. The molecule has 0 aromatic heterocycles. The van der Waals surface area contributed by atoms with Crippen molar-refractivity contribution in [3.8, 4) is 0 Å². The highest BCUT2D eigenvalue weighted by molar-refractivity contribution is 5.87. The standard InChI is InChI=1S/C35H52O8/c1-8-18(2)27(39)42-26-25(41-17-36)30(4,5)16-34-28-33(43-34)14-11-22-31(6)13-10-21(37)19(3)20(31)9-12-32(22,7)23(33)15-24(38)35(26,28)29(34)40/h8,17,19-26,28-29,37-38,40H,9-16H2,1-7H3/b18-8-/t19?,20?,21?,22?,23?,24?,25?,26-,28?,29-,31?,32?,33?,34?,35?/m0/s1. The fourth-order valence-corrected chi connectivity index (χ4v) is 13.5. The van der Waals surface area contributed by atoms with Crippen LogP contribution in [0.15, 0.2) is 11.6 Å². The molecule has 8 nitrogen and oxygen atoms in total. The van der Waals surface area contributed by atoms with E-state index in [0.29, 0.717) is 36.7 Å². The summed E-state index contributed by atoms with van der Waals surface area (Å²) in [6.07, 6.45) is 4.24. The van der Waals surface area contributed by atoms with Gasteiger partial charge in [-0.25, -0.2) is 4.79 Å². The summed E-state index contributed by atoms with van der Waals surface area (Å²) >= 11 is 0. The minimum absolute atomic E-state index is 0.0681. The molecule has 7 rings (SSSR count). The fourth-order valence-electron chi connectivity index (χ4n) is 13.5. The highest BCUT2D eigenvalue weighted by atomic mass is 16.6. The Hall–Kier alpha value is -1.48. The third kappa shape index (κ3) is 3.27. The lowest BCUT2D eigenvalue weighted by Gasteiger charge is -2.86. The molecule has 3 N–H and O–H groups in total. The predicted octanol–water partition coefficient (Wildman–Crippen LogP) is 4.33. The first-order valence-corrected chi connectivity index (χ1v) is 16.8. The van der Waals surface area contributed by atoms with E-state index in [1.165, 1.54) is 0 Å². The molecule has 7 fully saturated rings. The van der Waals surface area contributed by atoms with Crippen LogP contribution in [-0.4, -0.2) is 69.5 Å². The summed E-state index contributed by atoms with van der Waals surface area (Å²) in [5.74, 6) is 0.558. The van der Waals surface area contributed by atoms with E-state index < -0.39 is 52.4 Å². The number of fused-ring (bicyclic) bond motifs is 4. The van der Waals surface area contributed by atoms with Gasteiger partial charge in [0.2, 0.25) is 0 Å². The second-order valence-electron chi connectivity index (χ2n) is 17.0. The first-order valence-electron chi connectivity index (χ1n) is 16.8. The molecule has 0 amide bonds. The molecule has 8 heteroatoms. The molecule has 6 saturated carbocycles. The van der Waals surface area contributed by atoms with Gasteiger partial charge in [-0.05, 0) is 99.7 Å². The Balaban J connectivity index is 1.33.